The van der Waals surface area contributed by atoms with Gasteiger partial charge in [0.25, 0.3) is 0 Å². The van der Waals surface area contributed by atoms with Gasteiger partial charge in [0.05, 0.1) is 24.2 Å². The summed E-state index contributed by atoms with van der Waals surface area (Å²) in [5.41, 5.74) is 0. The minimum atomic E-state index is -3.52. The lowest BCUT2D eigenvalue weighted by Gasteiger charge is -2.26. The number of benzene rings is 1. The topological polar surface area (TPSA) is 108 Å². The summed E-state index contributed by atoms with van der Waals surface area (Å²) in [5, 5.41) is 12.7. The maximum Gasteiger partial charge on any atom is 0.317 e. The minimum absolute atomic E-state index is 0.0164. The Labute approximate surface area is 162 Å². The molecule has 154 valence electrons. The second kappa shape index (κ2) is 11.9. The van der Waals surface area contributed by atoms with E-state index >= 15 is 0 Å². The minimum Gasteiger partial charge on any atom is -0.389 e. The third-order valence-electron chi connectivity index (χ3n) is 3.69. The lowest BCUT2D eigenvalue weighted by Crippen LogP contribution is -2.47. The molecular weight excluding hydrogens is 370 g/mol. The number of ether oxygens (including phenoxy) is 1. The molecular formula is C18H31N3O5S. The van der Waals surface area contributed by atoms with Crippen molar-refractivity contribution in [2.24, 2.45) is 0 Å². The molecule has 9 heteroatoms. The number of rotatable bonds is 12. The summed E-state index contributed by atoms with van der Waals surface area (Å²) in [6.45, 7) is 4.70. The fraction of sp³-hybridized carbons (Fsp3) is 0.611. The van der Waals surface area contributed by atoms with Crippen LogP contribution in [0, 0.1) is 0 Å². The summed E-state index contributed by atoms with van der Waals surface area (Å²) in [7, 11) is -2.03. The molecule has 0 radical (unpaired) electrons. The Bertz CT molecular complexity index is 652. The smallest absolute Gasteiger partial charge is 0.317 e. The van der Waals surface area contributed by atoms with Crippen LogP contribution in [0.2, 0.25) is 0 Å². The van der Waals surface area contributed by atoms with E-state index in [4.69, 9.17) is 4.74 Å². The number of carbonyl (C=O) groups excluding carboxylic acids is 1. The zero-order valence-electron chi connectivity index (χ0n) is 16.2. The van der Waals surface area contributed by atoms with Crippen LogP contribution in [0.25, 0.3) is 0 Å². The van der Waals surface area contributed by atoms with Crippen molar-refractivity contribution in [3.05, 3.63) is 30.3 Å². The third kappa shape index (κ3) is 9.18. The Kier molecular flexibility index (Phi) is 10.3. The number of carbonyl (C=O) groups is 1. The highest BCUT2D eigenvalue weighted by molar-refractivity contribution is 7.89. The summed E-state index contributed by atoms with van der Waals surface area (Å²) < 4.78 is 31.7. The number of methoxy groups -OCH3 is 1. The van der Waals surface area contributed by atoms with Crippen molar-refractivity contribution >= 4 is 16.1 Å². The molecule has 0 aliphatic carbocycles. The second-order valence-electron chi connectivity index (χ2n) is 6.58. The van der Waals surface area contributed by atoms with Crippen molar-refractivity contribution in [2.75, 3.05) is 33.4 Å². The molecule has 0 saturated carbocycles. The van der Waals surface area contributed by atoms with Crippen LogP contribution in [0.5, 0.6) is 0 Å². The van der Waals surface area contributed by atoms with Gasteiger partial charge in [-0.05, 0) is 38.8 Å². The van der Waals surface area contributed by atoms with Gasteiger partial charge in [0.2, 0.25) is 10.0 Å². The Morgan fingerprint density at radius 1 is 1.22 bits per heavy atom. The predicted molar refractivity (Wildman–Crippen MR) is 104 cm³/mol. The summed E-state index contributed by atoms with van der Waals surface area (Å²) in [6, 6.07) is 7.90. The monoisotopic (exact) mass is 401 g/mol. The van der Waals surface area contributed by atoms with Crippen LogP contribution in [-0.4, -0.2) is 70.0 Å². The average Bonchev–Trinajstić information content (AvgIpc) is 2.60. The predicted octanol–water partition coefficient (Wildman–Crippen LogP) is 1.17. The highest BCUT2D eigenvalue weighted by Gasteiger charge is 2.18. The van der Waals surface area contributed by atoms with E-state index in [0.29, 0.717) is 19.4 Å². The number of sulfonamides is 1. The first-order valence-corrected chi connectivity index (χ1v) is 10.5. The Morgan fingerprint density at radius 3 is 2.48 bits per heavy atom. The van der Waals surface area contributed by atoms with E-state index in [2.05, 4.69) is 10.0 Å². The largest absolute Gasteiger partial charge is 0.389 e. The number of hydrogen-bond donors (Lipinski definition) is 3. The van der Waals surface area contributed by atoms with E-state index in [1.165, 1.54) is 24.1 Å². The zero-order valence-corrected chi connectivity index (χ0v) is 17.0. The van der Waals surface area contributed by atoms with Gasteiger partial charge in [0.1, 0.15) is 0 Å². The van der Waals surface area contributed by atoms with Crippen LogP contribution in [0.15, 0.2) is 35.2 Å². The molecule has 0 saturated heterocycles. The van der Waals surface area contributed by atoms with E-state index in [-0.39, 0.29) is 36.7 Å². The first kappa shape index (κ1) is 23.4. The molecule has 0 unspecified atom stereocenters. The maximum atomic E-state index is 12.3. The van der Waals surface area contributed by atoms with Crippen LogP contribution in [-0.2, 0) is 14.8 Å². The molecule has 0 bridgehead atoms. The second-order valence-corrected chi connectivity index (χ2v) is 8.34. The van der Waals surface area contributed by atoms with E-state index in [0.717, 1.165) is 0 Å². The average molecular weight is 402 g/mol. The van der Waals surface area contributed by atoms with Crippen molar-refractivity contribution in [3.63, 3.8) is 0 Å². The van der Waals surface area contributed by atoms with Crippen molar-refractivity contribution in [2.45, 2.75) is 43.7 Å². The summed E-state index contributed by atoms with van der Waals surface area (Å²) in [4.78, 5) is 14.0. The fourth-order valence-corrected chi connectivity index (χ4v) is 3.53. The molecule has 1 aromatic carbocycles. The molecule has 1 rings (SSSR count). The third-order valence-corrected chi connectivity index (χ3v) is 5.17. The number of aliphatic hydroxyl groups excluding tert-OH is 1. The Hall–Kier alpha value is -1.68. The maximum absolute atomic E-state index is 12.3. The number of nitrogens with one attached hydrogen (secondary N) is 2. The van der Waals surface area contributed by atoms with E-state index in [9.17, 15) is 18.3 Å². The van der Waals surface area contributed by atoms with Gasteiger partial charge < -0.3 is 20.1 Å². The van der Waals surface area contributed by atoms with Gasteiger partial charge in [-0.25, -0.2) is 17.9 Å². The Morgan fingerprint density at radius 2 is 1.89 bits per heavy atom. The standard InChI is InChI=1S/C18H31N3O5S/c1-15(2)20-18(23)21(13-16(22)14-26-3)12-8-7-11-19-27(24,25)17-9-5-4-6-10-17/h4-6,9-10,15-16,19,22H,7-8,11-14H2,1-3H3,(H,20,23)/t16-/m1/s1. The van der Waals surface area contributed by atoms with Crippen LogP contribution < -0.4 is 10.0 Å². The molecule has 0 aliphatic heterocycles. The number of urea groups is 1. The zero-order chi connectivity index (χ0) is 20.3. The quantitative estimate of drug-likeness (QED) is 0.456. The highest BCUT2D eigenvalue weighted by atomic mass is 32.2. The molecule has 0 aliphatic rings. The van der Waals surface area contributed by atoms with E-state index in [1.807, 2.05) is 13.8 Å². The lowest BCUT2D eigenvalue weighted by molar-refractivity contribution is 0.0444. The number of amides is 2. The van der Waals surface area contributed by atoms with Crippen molar-refractivity contribution < 1.29 is 23.1 Å². The van der Waals surface area contributed by atoms with Crippen molar-refractivity contribution in [1.82, 2.24) is 14.9 Å². The molecule has 3 N–H and O–H groups in total. The lowest BCUT2D eigenvalue weighted by atomic mass is 10.2. The molecule has 0 spiro atoms. The van der Waals surface area contributed by atoms with E-state index in [1.54, 1.807) is 18.2 Å². The first-order valence-electron chi connectivity index (χ1n) is 9.03. The molecule has 1 aromatic rings. The van der Waals surface area contributed by atoms with Crippen molar-refractivity contribution in [1.29, 1.82) is 0 Å². The molecule has 2 amide bonds. The van der Waals surface area contributed by atoms with Gasteiger partial charge in [-0.15, -0.1) is 0 Å². The van der Waals surface area contributed by atoms with Gasteiger partial charge in [-0.2, -0.15) is 0 Å². The van der Waals surface area contributed by atoms with Crippen molar-refractivity contribution in [3.8, 4) is 0 Å². The summed E-state index contributed by atoms with van der Waals surface area (Å²) in [6.07, 6.45) is 0.393. The number of hydrogen-bond acceptors (Lipinski definition) is 5. The van der Waals surface area contributed by atoms with Crippen LogP contribution in [0.1, 0.15) is 26.7 Å². The van der Waals surface area contributed by atoms with Gasteiger partial charge >= 0.3 is 6.03 Å². The number of aliphatic hydroxyl groups is 1. The SMILES string of the molecule is COC[C@H](O)CN(CCCCNS(=O)(=O)c1ccccc1)C(=O)NC(C)C. The summed E-state index contributed by atoms with van der Waals surface area (Å²) in [5.74, 6) is 0. The molecule has 27 heavy (non-hydrogen) atoms. The fourth-order valence-electron chi connectivity index (χ4n) is 2.43. The van der Waals surface area contributed by atoms with Crippen LogP contribution in [0.3, 0.4) is 0 Å². The van der Waals surface area contributed by atoms with Gasteiger partial charge in [0, 0.05) is 26.2 Å². The van der Waals surface area contributed by atoms with Gasteiger partial charge in [0.15, 0.2) is 0 Å². The molecule has 0 fully saturated rings. The molecule has 0 aromatic heterocycles. The molecule has 0 heterocycles. The highest BCUT2D eigenvalue weighted by Crippen LogP contribution is 2.07. The van der Waals surface area contributed by atoms with Crippen LogP contribution in [0.4, 0.5) is 4.79 Å². The van der Waals surface area contributed by atoms with E-state index < -0.39 is 16.1 Å². The Balaban J connectivity index is 2.47. The molecule has 8 nitrogen and oxygen atoms in total. The molecule has 1 atom stereocenters. The normalized spacial score (nSPS) is 12.8. The number of unbranched alkanes of at least 4 members (excludes halogenated alkanes) is 1. The van der Waals surface area contributed by atoms with Crippen LogP contribution >= 0.6 is 0 Å². The number of nitrogens with zero attached hydrogens (tertiary/aromatic N) is 1. The van der Waals surface area contributed by atoms with Gasteiger partial charge in [-0.3, -0.25) is 0 Å². The van der Waals surface area contributed by atoms with Gasteiger partial charge in [-0.1, -0.05) is 18.2 Å². The summed E-state index contributed by atoms with van der Waals surface area (Å²) >= 11 is 0. The first-order chi connectivity index (χ1) is 12.8.